The third-order valence-electron chi connectivity index (χ3n) is 3.36. The number of rotatable bonds is 4. The van der Waals surface area contributed by atoms with Crippen LogP contribution in [0.1, 0.15) is 12.8 Å². The molecule has 0 bridgehead atoms. The number of hydrogen-bond donors (Lipinski definition) is 1. The fourth-order valence-corrected chi connectivity index (χ4v) is 3.94. The summed E-state index contributed by atoms with van der Waals surface area (Å²) in [6.45, 7) is 1.63. The van der Waals surface area contributed by atoms with Crippen molar-refractivity contribution in [1.29, 1.82) is 0 Å². The molecule has 0 radical (unpaired) electrons. The molecular weight excluding hydrogens is 266 g/mol. The predicted octanol–water partition coefficient (Wildman–Crippen LogP) is 1.44. The third kappa shape index (κ3) is 3.26. The fraction of sp³-hybridized carbons (Fsp3) is 0.538. The summed E-state index contributed by atoms with van der Waals surface area (Å²) in [4.78, 5) is 0.225. The van der Waals surface area contributed by atoms with E-state index in [9.17, 15) is 13.5 Å². The highest BCUT2D eigenvalue weighted by molar-refractivity contribution is 7.89. The van der Waals surface area contributed by atoms with Crippen molar-refractivity contribution in [2.24, 2.45) is 5.92 Å². The molecule has 1 aliphatic rings. The molecule has 106 valence electrons. The molecule has 1 N–H and O–H groups in total. The number of aromatic hydroxyl groups is 1. The number of ether oxygens (including phenoxy) is 1. The van der Waals surface area contributed by atoms with Crippen molar-refractivity contribution in [3.63, 3.8) is 0 Å². The number of phenols is 1. The lowest BCUT2D eigenvalue weighted by Crippen LogP contribution is -2.41. The molecule has 19 heavy (non-hydrogen) atoms. The molecule has 2 rings (SSSR count). The molecule has 1 saturated heterocycles. The first-order valence-electron chi connectivity index (χ1n) is 6.32. The van der Waals surface area contributed by atoms with Crippen LogP contribution in [0.2, 0.25) is 0 Å². The zero-order valence-electron chi connectivity index (χ0n) is 10.9. The Morgan fingerprint density at radius 1 is 1.37 bits per heavy atom. The van der Waals surface area contributed by atoms with Gasteiger partial charge in [0, 0.05) is 20.2 Å². The van der Waals surface area contributed by atoms with Crippen LogP contribution in [-0.2, 0) is 14.8 Å². The molecule has 5 nitrogen and oxygen atoms in total. The number of phenolic OH excluding ortho intramolecular Hbond substituents is 1. The molecule has 1 aromatic carbocycles. The molecule has 1 fully saturated rings. The summed E-state index contributed by atoms with van der Waals surface area (Å²) in [5.74, 6) is 0.320. The van der Waals surface area contributed by atoms with Crippen LogP contribution in [0.3, 0.4) is 0 Å². The maximum absolute atomic E-state index is 12.5. The summed E-state index contributed by atoms with van der Waals surface area (Å²) in [5, 5.41) is 9.22. The molecule has 1 heterocycles. The van der Waals surface area contributed by atoms with Crippen LogP contribution >= 0.6 is 0 Å². The summed E-state index contributed by atoms with van der Waals surface area (Å²) in [6, 6.07) is 5.65. The fourth-order valence-electron chi connectivity index (χ4n) is 2.38. The highest BCUT2D eigenvalue weighted by atomic mass is 32.2. The van der Waals surface area contributed by atoms with Gasteiger partial charge in [-0.1, -0.05) is 0 Å². The first-order valence-corrected chi connectivity index (χ1v) is 7.76. The monoisotopic (exact) mass is 285 g/mol. The number of benzene rings is 1. The molecule has 0 aromatic heterocycles. The Kier molecular flexibility index (Phi) is 4.44. The second-order valence-corrected chi connectivity index (χ2v) is 6.76. The van der Waals surface area contributed by atoms with Gasteiger partial charge in [0.2, 0.25) is 10.0 Å². The average molecular weight is 285 g/mol. The smallest absolute Gasteiger partial charge is 0.243 e. The molecule has 0 aliphatic carbocycles. The molecule has 1 unspecified atom stereocenters. The van der Waals surface area contributed by atoms with Crippen molar-refractivity contribution in [3.8, 4) is 5.75 Å². The van der Waals surface area contributed by atoms with Gasteiger partial charge in [0.25, 0.3) is 0 Å². The Hall–Kier alpha value is -1.11. The second-order valence-electron chi connectivity index (χ2n) is 4.82. The van der Waals surface area contributed by atoms with E-state index in [4.69, 9.17) is 4.74 Å². The van der Waals surface area contributed by atoms with Gasteiger partial charge in [-0.15, -0.1) is 0 Å². The zero-order chi connectivity index (χ0) is 13.9. The first-order chi connectivity index (χ1) is 9.04. The normalized spacial score (nSPS) is 21.4. The maximum atomic E-state index is 12.5. The van der Waals surface area contributed by atoms with Crippen LogP contribution in [0.4, 0.5) is 0 Å². The van der Waals surface area contributed by atoms with Crippen molar-refractivity contribution in [2.45, 2.75) is 17.7 Å². The quantitative estimate of drug-likeness (QED) is 0.909. The van der Waals surface area contributed by atoms with Gasteiger partial charge < -0.3 is 9.84 Å². The minimum absolute atomic E-state index is 0.0647. The number of methoxy groups -OCH3 is 1. The Balaban J connectivity index is 2.17. The summed E-state index contributed by atoms with van der Waals surface area (Å²) in [5.41, 5.74) is 0. The first kappa shape index (κ1) is 14.3. The summed E-state index contributed by atoms with van der Waals surface area (Å²) < 4.78 is 31.5. The van der Waals surface area contributed by atoms with Crippen LogP contribution in [0.25, 0.3) is 0 Å². The van der Waals surface area contributed by atoms with E-state index in [0.717, 1.165) is 12.8 Å². The van der Waals surface area contributed by atoms with Crippen molar-refractivity contribution < 1.29 is 18.3 Å². The lowest BCUT2D eigenvalue weighted by Gasteiger charge is -2.31. The van der Waals surface area contributed by atoms with E-state index >= 15 is 0 Å². The van der Waals surface area contributed by atoms with Gasteiger partial charge >= 0.3 is 0 Å². The molecular formula is C13H19NO4S. The molecule has 0 spiro atoms. The zero-order valence-corrected chi connectivity index (χ0v) is 11.8. The van der Waals surface area contributed by atoms with Crippen LogP contribution < -0.4 is 0 Å². The van der Waals surface area contributed by atoms with E-state index in [1.54, 1.807) is 7.11 Å². The molecule has 1 aromatic rings. The topological polar surface area (TPSA) is 66.8 Å². The summed E-state index contributed by atoms with van der Waals surface area (Å²) in [6.07, 6.45) is 1.85. The molecule has 1 atom stereocenters. The standard InChI is InChI=1S/C13H19NO4S/c1-18-10-11-3-2-8-14(9-11)19(16,17)13-6-4-12(15)5-7-13/h4-7,11,15H,2-3,8-10H2,1H3. The van der Waals surface area contributed by atoms with Gasteiger partial charge in [-0.05, 0) is 43.0 Å². The SMILES string of the molecule is COCC1CCCN(S(=O)(=O)c2ccc(O)cc2)C1. The molecule has 0 saturated carbocycles. The largest absolute Gasteiger partial charge is 0.508 e. The van der Waals surface area contributed by atoms with Crippen molar-refractivity contribution in [2.75, 3.05) is 26.8 Å². The number of piperidine rings is 1. The van der Waals surface area contributed by atoms with Gasteiger partial charge in [0.1, 0.15) is 5.75 Å². The van der Waals surface area contributed by atoms with E-state index in [1.807, 2.05) is 0 Å². The minimum Gasteiger partial charge on any atom is -0.508 e. The van der Waals surface area contributed by atoms with Gasteiger partial charge in [0.05, 0.1) is 11.5 Å². The van der Waals surface area contributed by atoms with Crippen molar-refractivity contribution in [1.82, 2.24) is 4.31 Å². The van der Waals surface area contributed by atoms with Crippen LogP contribution in [0, 0.1) is 5.92 Å². The molecule has 1 aliphatic heterocycles. The third-order valence-corrected chi connectivity index (χ3v) is 5.24. The maximum Gasteiger partial charge on any atom is 0.243 e. The summed E-state index contributed by atoms with van der Waals surface area (Å²) >= 11 is 0. The van der Waals surface area contributed by atoms with E-state index in [-0.39, 0.29) is 16.6 Å². The van der Waals surface area contributed by atoms with E-state index < -0.39 is 10.0 Å². The van der Waals surface area contributed by atoms with E-state index in [1.165, 1.54) is 28.6 Å². The predicted molar refractivity (Wildman–Crippen MR) is 71.5 cm³/mol. The Labute approximate surface area is 113 Å². The average Bonchev–Trinajstić information content (AvgIpc) is 2.40. The summed E-state index contributed by atoms with van der Waals surface area (Å²) in [7, 11) is -1.83. The van der Waals surface area contributed by atoms with E-state index in [2.05, 4.69) is 0 Å². The van der Waals surface area contributed by atoms with E-state index in [0.29, 0.717) is 19.7 Å². The Morgan fingerprint density at radius 3 is 2.68 bits per heavy atom. The van der Waals surface area contributed by atoms with Crippen molar-refractivity contribution >= 4 is 10.0 Å². The number of nitrogens with zero attached hydrogens (tertiary/aromatic N) is 1. The Morgan fingerprint density at radius 2 is 2.05 bits per heavy atom. The van der Waals surface area contributed by atoms with Crippen LogP contribution in [0.15, 0.2) is 29.2 Å². The van der Waals surface area contributed by atoms with Gasteiger partial charge in [0.15, 0.2) is 0 Å². The van der Waals surface area contributed by atoms with Gasteiger partial charge in [-0.3, -0.25) is 0 Å². The molecule has 0 amide bonds. The van der Waals surface area contributed by atoms with Crippen molar-refractivity contribution in [3.05, 3.63) is 24.3 Å². The van der Waals surface area contributed by atoms with Crippen LogP contribution in [-0.4, -0.2) is 44.6 Å². The minimum atomic E-state index is -3.46. The van der Waals surface area contributed by atoms with Crippen LogP contribution in [0.5, 0.6) is 5.75 Å². The molecule has 6 heteroatoms. The highest BCUT2D eigenvalue weighted by Crippen LogP contribution is 2.24. The lowest BCUT2D eigenvalue weighted by molar-refractivity contribution is 0.118. The lowest BCUT2D eigenvalue weighted by atomic mass is 10.0. The Bertz CT molecular complexity index is 510. The number of sulfonamides is 1. The van der Waals surface area contributed by atoms with Gasteiger partial charge in [-0.2, -0.15) is 4.31 Å². The number of hydrogen-bond acceptors (Lipinski definition) is 4. The highest BCUT2D eigenvalue weighted by Gasteiger charge is 2.30. The van der Waals surface area contributed by atoms with Gasteiger partial charge in [-0.25, -0.2) is 8.42 Å². The second kappa shape index (κ2) is 5.90.